The van der Waals surface area contributed by atoms with E-state index in [-0.39, 0.29) is 6.10 Å². The summed E-state index contributed by atoms with van der Waals surface area (Å²) in [6, 6.07) is 0. The van der Waals surface area contributed by atoms with Gasteiger partial charge in [0.25, 0.3) is 10.1 Å². The minimum atomic E-state index is -3.39. The molecule has 53 heavy (non-hydrogen) atoms. The van der Waals surface area contributed by atoms with Crippen LogP contribution < -0.4 is 0 Å². The second-order valence-corrected chi connectivity index (χ2v) is 19.2. The summed E-state index contributed by atoms with van der Waals surface area (Å²) in [5.74, 6) is 0.854. The van der Waals surface area contributed by atoms with E-state index < -0.39 is 10.1 Å². The lowest BCUT2D eigenvalue weighted by Crippen LogP contribution is -2.17. The van der Waals surface area contributed by atoms with Crippen molar-refractivity contribution in [3.8, 4) is 0 Å². The second-order valence-electron chi connectivity index (χ2n) is 17.6. The maximum Gasteiger partial charge on any atom is 0.264 e. The maximum atomic E-state index is 11.9. The Labute approximate surface area is 336 Å². The van der Waals surface area contributed by atoms with Crippen LogP contribution in [0.4, 0.5) is 0 Å². The van der Waals surface area contributed by atoms with Gasteiger partial charge in [0.1, 0.15) is 0 Å². The van der Waals surface area contributed by atoms with Gasteiger partial charge in [-0.3, -0.25) is 4.18 Å². The normalized spacial score (nSPS) is 12.7. The lowest BCUT2D eigenvalue weighted by atomic mass is 9.89. The highest BCUT2D eigenvalue weighted by Gasteiger charge is 2.16. The Morgan fingerprint density at radius 2 is 0.491 bits per heavy atom. The Balaban J connectivity index is 4.24. The van der Waals surface area contributed by atoms with Crippen molar-refractivity contribution in [3.05, 3.63) is 0 Å². The molecule has 0 N–H and O–H groups in total. The molecular weight excluding hydrogens is 669 g/mol. The van der Waals surface area contributed by atoms with Crippen LogP contribution in [0.25, 0.3) is 0 Å². The molecular formula is C49H100O3S. The highest BCUT2D eigenvalue weighted by atomic mass is 32.2. The summed E-state index contributed by atoms with van der Waals surface area (Å²) in [4.78, 5) is 0. The van der Waals surface area contributed by atoms with Gasteiger partial charge in [-0.25, -0.2) is 0 Å². The van der Waals surface area contributed by atoms with Crippen molar-refractivity contribution in [2.75, 3.05) is 6.26 Å². The third-order valence-corrected chi connectivity index (χ3v) is 12.6. The largest absolute Gasteiger partial charge is 0.267 e. The summed E-state index contributed by atoms with van der Waals surface area (Å²) in [6.07, 6.45) is 60.0. The Bertz CT molecular complexity index is 745. The SMILES string of the molecule is CCCCCCCCCCCCCCCCCCC(CCCCCCCCCCCCCCCCCC)CCCCC(CCCCCC)OS(C)(=O)=O. The Morgan fingerprint density at radius 3 is 0.755 bits per heavy atom. The van der Waals surface area contributed by atoms with Crippen LogP contribution in [0, 0.1) is 5.92 Å². The van der Waals surface area contributed by atoms with Crippen molar-refractivity contribution < 1.29 is 12.6 Å². The quantitative estimate of drug-likeness (QED) is 0.0457. The lowest BCUT2D eigenvalue weighted by molar-refractivity contribution is 0.180. The van der Waals surface area contributed by atoms with E-state index in [0.29, 0.717) is 0 Å². The summed E-state index contributed by atoms with van der Waals surface area (Å²) in [5, 5.41) is 0. The van der Waals surface area contributed by atoms with Gasteiger partial charge in [0.2, 0.25) is 0 Å². The fourth-order valence-corrected chi connectivity index (χ4v) is 9.17. The van der Waals surface area contributed by atoms with E-state index in [4.69, 9.17) is 4.18 Å². The molecule has 0 aromatic rings. The van der Waals surface area contributed by atoms with Crippen molar-refractivity contribution in [3.63, 3.8) is 0 Å². The molecule has 0 amide bonds. The zero-order chi connectivity index (χ0) is 38.8. The molecule has 0 rings (SSSR count). The summed E-state index contributed by atoms with van der Waals surface area (Å²) in [5.41, 5.74) is 0. The molecule has 3 nitrogen and oxygen atoms in total. The van der Waals surface area contributed by atoms with Crippen molar-refractivity contribution in [1.29, 1.82) is 0 Å². The topological polar surface area (TPSA) is 43.4 Å². The van der Waals surface area contributed by atoms with E-state index in [9.17, 15) is 8.42 Å². The number of unbranched alkanes of at least 4 members (excludes halogenated alkanes) is 34. The first-order valence-electron chi connectivity index (χ1n) is 24.8. The minimum absolute atomic E-state index is 0.124. The summed E-state index contributed by atoms with van der Waals surface area (Å²) < 4.78 is 29.3. The first-order valence-corrected chi connectivity index (χ1v) is 26.6. The highest BCUT2D eigenvalue weighted by Crippen LogP contribution is 2.26. The van der Waals surface area contributed by atoms with Crippen molar-refractivity contribution >= 4 is 10.1 Å². The Hall–Kier alpha value is -0.0900. The van der Waals surface area contributed by atoms with Crippen molar-refractivity contribution in [2.45, 2.75) is 303 Å². The summed E-state index contributed by atoms with van der Waals surface area (Å²) in [7, 11) is -3.39. The molecule has 320 valence electrons. The van der Waals surface area contributed by atoms with Crippen LogP contribution in [0.2, 0.25) is 0 Å². The number of hydrogen-bond acceptors (Lipinski definition) is 3. The van der Waals surface area contributed by atoms with E-state index in [0.717, 1.165) is 31.6 Å². The van der Waals surface area contributed by atoms with Gasteiger partial charge in [0.15, 0.2) is 0 Å². The van der Waals surface area contributed by atoms with Crippen LogP contribution in [0.1, 0.15) is 297 Å². The molecule has 1 unspecified atom stereocenters. The predicted molar refractivity (Wildman–Crippen MR) is 239 cm³/mol. The molecule has 0 saturated carbocycles. The van der Waals surface area contributed by atoms with Gasteiger partial charge in [-0.05, 0) is 18.8 Å². The van der Waals surface area contributed by atoms with Crippen LogP contribution >= 0.6 is 0 Å². The first kappa shape index (κ1) is 52.9. The molecule has 1 atom stereocenters. The summed E-state index contributed by atoms with van der Waals surface area (Å²) >= 11 is 0. The van der Waals surface area contributed by atoms with Gasteiger partial charge < -0.3 is 0 Å². The zero-order valence-corrected chi connectivity index (χ0v) is 38.0. The molecule has 0 spiro atoms. The highest BCUT2D eigenvalue weighted by molar-refractivity contribution is 7.86. The van der Waals surface area contributed by atoms with E-state index in [2.05, 4.69) is 20.8 Å². The molecule has 0 aliphatic rings. The zero-order valence-electron chi connectivity index (χ0n) is 37.2. The fraction of sp³-hybridized carbons (Fsp3) is 1.00. The second kappa shape index (κ2) is 43.0. The van der Waals surface area contributed by atoms with E-state index >= 15 is 0 Å². The molecule has 0 aromatic carbocycles. The minimum Gasteiger partial charge on any atom is -0.267 e. The molecule has 0 aromatic heterocycles. The standard InChI is InChI=1S/C49H100O3S/c1-5-8-11-14-16-18-20-22-24-26-28-30-32-34-36-38-43-48(45-41-42-47-49(52-53(4,50)51)46-40-13-10-7-3)44-39-37-35-33-31-29-27-25-23-21-19-17-15-12-9-6-2/h48-49H,5-47H2,1-4H3. The molecule has 0 aliphatic carbocycles. The number of rotatable bonds is 46. The first-order chi connectivity index (χ1) is 25.9. The molecule has 0 bridgehead atoms. The van der Waals surface area contributed by atoms with Crippen LogP contribution in [-0.2, 0) is 14.3 Å². The third-order valence-electron chi connectivity index (χ3n) is 12.0. The smallest absolute Gasteiger partial charge is 0.264 e. The van der Waals surface area contributed by atoms with Gasteiger partial charge in [0, 0.05) is 0 Å². The van der Waals surface area contributed by atoms with Gasteiger partial charge >= 0.3 is 0 Å². The lowest BCUT2D eigenvalue weighted by Gasteiger charge is -2.19. The van der Waals surface area contributed by atoms with E-state index in [1.165, 1.54) is 257 Å². The van der Waals surface area contributed by atoms with Gasteiger partial charge in [-0.15, -0.1) is 0 Å². The van der Waals surface area contributed by atoms with Gasteiger partial charge in [-0.1, -0.05) is 284 Å². The van der Waals surface area contributed by atoms with Crippen LogP contribution in [0.3, 0.4) is 0 Å². The Kier molecular flexibility index (Phi) is 43.0. The van der Waals surface area contributed by atoms with E-state index in [1.807, 2.05) is 0 Å². The third kappa shape index (κ3) is 44.5. The van der Waals surface area contributed by atoms with Crippen LogP contribution in [0.5, 0.6) is 0 Å². The average molecular weight is 769 g/mol. The van der Waals surface area contributed by atoms with Crippen molar-refractivity contribution in [1.82, 2.24) is 0 Å². The molecule has 0 fully saturated rings. The molecule has 0 saturated heterocycles. The molecule has 0 heterocycles. The number of hydrogen-bond donors (Lipinski definition) is 0. The monoisotopic (exact) mass is 769 g/mol. The predicted octanol–water partition coefficient (Wildman–Crippen LogP) is 17.8. The Morgan fingerprint density at radius 1 is 0.302 bits per heavy atom. The maximum absolute atomic E-state index is 11.9. The molecule has 4 heteroatoms. The molecule has 0 radical (unpaired) electrons. The summed E-state index contributed by atoms with van der Waals surface area (Å²) in [6.45, 7) is 6.83. The van der Waals surface area contributed by atoms with E-state index in [1.54, 1.807) is 0 Å². The van der Waals surface area contributed by atoms with Gasteiger partial charge in [0.05, 0.1) is 12.4 Å². The fourth-order valence-electron chi connectivity index (χ4n) is 8.49. The molecule has 0 aliphatic heterocycles. The van der Waals surface area contributed by atoms with Crippen molar-refractivity contribution in [2.24, 2.45) is 5.92 Å². The van der Waals surface area contributed by atoms with Crippen LogP contribution in [0.15, 0.2) is 0 Å². The average Bonchev–Trinajstić information content (AvgIpc) is 3.13. The van der Waals surface area contributed by atoms with Crippen LogP contribution in [-0.4, -0.2) is 20.8 Å². The van der Waals surface area contributed by atoms with Gasteiger partial charge in [-0.2, -0.15) is 8.42 Å².